The van der Waals surface area contributed by atoms with Crippen molar-refractivity contribution in [3.8, 4) is 11.4 Å². The van der Waals surface area contributed by atoms with Crippen molar-refractivity contribution in [1.29, 1.82) is 0 Å². The molecule has 1 amide bonds. The van der Waals surface area contributed by atoms with E-state index in [0.29, 0.717) is 37.1 Å². The highest BCUT2D eigenvalue weighted by Crippen LogP contribution is 2.16. The monoisotopic (exact) mass is 326 g/mol. The highest BCUT2D eigenvalue weighted by molar-refractivity contribution is 5.85. The topological polar surface area (TPSA) is 93.2 Å². The van der Waals surface area contributed by atoms with Gasteiger partial charge in [0.15, 0.2) is 0 Å². The van der Waals surface area contributed by atoms with Gasteiger partial charge in [0.05, 0.1) is 11.8 Å². The summed E-state index contributed by atoms with van der Waals surface area (Å²) < 4.78 is 10.1. The van der Waals surface area contributed by atoms with Crippen LogP contribution < -0.4 is 10.6 Å². The van der Waals surface area contributed by atoms with Gasteiger partial charge >= 0.3 is 0 Å². The number of carbonyl (C=O) groups excluding carboxylic acids is 1. The summed E-state index contributed by atoms with van der Waals surface area (Å²) in [4.78, 5) is 16.0. The van der Waals surface area contributed by atoms with Gasteiger partial charge in [-0.2, -0.15) is 4.98 Å². The Balaban J connectivity index is 0.00000176. The highest BCUT2D eigenvalue weighted by atomic mass is 35.5. The molecule has 2 aromatic heterocycles. The molecule has 0 saturated carbocycles. The highest BCUT2D eigenvalue weighted by Gasteiger charge is 2.15. The predicted molar refractivity (Wildman–Crippen MR) is 81.6 cm³/mol. The van der Waals surface area contributed by atoms with Crippen molar-refractivity contribution in [2.45, 2.75) is 31.7 Å². The zero-order chi connectivity index (χ0) is 14.5. The zero-order valence-corrected chi connectivity index (χ0v) is 12.9. The van der Waals surface area contributed by atoms with E-state index in [4.69, 9.17) is 8.94 Å². The molecule has 1 atom stereocenters. The number of hydrogen-bond acceptors (Lipinski definition) is 6. The van der Waals surface area contributed by atoms with Crippen molar-refractivity contribution in [3.63, 3.8) is 0 Å². The van der Waals surface area contributed by atoms with Crippen molar-refractivity contribution in [3.05, 3.63) is 24.5 Å². The summed E-state index contributed by atoms with van der Waals surface area (Å²) in [5.74, 6) is 0.946. The van der Waals surface area contributed by atoms with Crippen LogP contribution in [0.25, 0.3) is 11.4 Å². The molecule has 0 aliphatic carbocycles. The minimum atomic E-state index is 0. The molecule has 1 fully saturated rings. The summed E-state index contributed by atoms with van der Waals surface area (Å²) >= 11 is 0. The van der Waals surface area contributed by atoms with Crippen molar-refractivity contribution < 1.29 is 13.7 Å². The first-order valence-corrected chi connectivity index (χ1v) is 7.16. The maximum Gasteiger partial charge on any atom is 0.227 e. The van der Waals surface area contributed by atoms with Gasteiger partial charge in [0.1, 0.15) is 6.26 Å². The fourth-order valence-electron chi connectivity index (χ4n) is 2.34. The molecular formula is C14H19ClN4O3. The zero-order valence-electron chi connectivity index (χ0n) is 12.1. The van der Waals surface area contributed by atoms with Crippen molar-refractivity contribution >= 4 is 18.3 Å². The van der Waals surface area contributed by atoms with Crippen LogP contribution in [0.2, 0.25) is 0 Å². The molecule has 3 heterocycles. The summed E-state index contributed by atoms with van der Waals surface area (Å²) in [6, 6.07) is 2.17. The van der Waals surface area contributed by atoms with Crippen LogP contribution in [0.4, 0.5) is 0 Å². The number of aromatic nitrogens is 2. The van der Waals surface area contributed by atoms with Crippen LogP contribution in [0.1, 0.15) is 25.2 Å². The van der Waals surface area contributed by atoms with Crippen molar-refractivity contribution in [2.75, 3.05) is 13.1 Å². The van der Waals surface area contributed by atoms with Gasteiger partial charge in [0.25, 0.3) is 0 Å². The molecule has 120 valence electrons. The number of nitrogens with zero attached hydrogens (tertiary/aromatic N) is 2. The van der Waals surface area contributed by atoms with E-state index in [1.807, 2.05) is 0 Å². The van der Waals surface area contributed by atoms with Gasteiger partial charge in [0.2, 0.25) is 17.6 Å². The minimum Gasteiger partial charge on any atom is -0.472 e. The van der Waals surface area contributed by atoms with E-state index in [1.165, 1.54) is 6.42 Å². The number of furan rings is 1. The Morgan fingerprint density at radius 3 is 3.14 bits per heavy atom. The molecule has 0 bridgehead atoms. The predicted octanol–water partition coefficient (Wildman–Crippen LogP) is 1.55. The molecule has 3 rings (SSSR count). The van der Waals surface area contributed by atoms with E-state index in [0.717, 1.165) is 18.5 Å². The molecule has 8 heteroatoms. The normalized spacial score (nSPS) is 17.2. The lowest BCUT2D eigenvalue weighted by molar-refractivity contribution is -0.121. The maximum atomic E-state index is 11.8. The Hall–Kier alpha value is -1.86. The molecule has 2 aromatic rings. The van der Waals surface area contributed by atoms with Gasteiger partial charge in [0, 0.05) is 25.4 Å². The van der Waals surface area contributed by atoms with Crippen LogP contribution in [0.3, 0.4) is 0 Å². The average Bonchev–Trinajstić information content (AvgIpc) is 3.24. The third kappa shape index (κ3) is 4.32. The first-order chi connectivity index (χ1) is 10.3. The second kappa shape index (κ2) is 7.95. The van der Waals surface area contributed by atoms with Crippen LogP contribution in [0.15, 0.2) is 27.5 Å². The van der Waals surface area contributed by atoms with Gasteiger partial charge in [-0.15, -0.1) is 12.4 Å². The second-order valence-electron chi connectivity index (χ2n) is 5.12. The molecule has 22 heavy (non-hydrogen) atoms. The summed E-state index contributed by atoms with van der Waals surface area (Å²) in [6.45, 7) is 1.72. The Kier molecular flexibility index (Phi) is 5.97. The maximum absolute atomic E-state index is 11.8. The number of halogens is 1. The fourth-order valence-corrected chi connectivity index (χ4v) is 2.34. The third-order valence-electron chi connectivity index (χ3n) is 3.52. The van der Waals surface area contributed by atoms with E-state index in [2.05, 4.69) is 20.8 Å². The van der Waals surface area contributed by atoms with E-state index < -0.39 is 0 Å². The van der Waals surface area contributed by atoms with Gasteiger partial charge in [-0.3, -0.25) is 4.79 Å². The van der Waals surface area contributed by atoms with Gasteiger partial charge in [-0.1, -0.05) is 5.16 Å². The number of hydrogen-bond donors (Lipinski definition) is 2. The van der Waals surface area contributed by atoms with Crippen molar-refractivity contribution in [2.24, 2.45) is 0 Å². The van der Waals surface area contributed by atoms with E-state index in [-0.39, 0.29) is 18.3 Å². The van der Waals surface area contributed by atoms with Gasteiger partial charge < -0.3 is 19.6 Å². The van der Waals surface area contributed by atoms with Crippen LogP contribution in [-0.2, 0) is 11.2 Å². The quantitative estimate of drug-likeness (QED) is 0.836. The molecule has 1 unspecified atom stereocenters. The molecule has 1 aliphatic heterocycles. The first-order valence-electron chi connectivity index (χ1n) is 7.16. The summed E-state index contributed by atoms with van der Waals surface area (Å²) in [5, 5.41) is 10.1. The summed E-state index contributed by atoms with van der Waals surface area (Å²) in [5.41, 5.74) is 0.766. The Morgan fingerprint density at radius 1 is 1.50 bits per heavy atom. The molecule has 1 saturated heterocycles. The van der Waals surface area contributed by atoms with Crippen LogP contribution in [0.5, 0.6) is 0 Å². The van der Waals surface area contributed by atoms with Crippen LogP contribution >= 0.6 is 12.4 Å². The van der Waals surface area contributed by atoms with E-state index in [1.54, 1.807) is 18.6 Å². The summed E-state index contributed by atoms with van der Waals surface area (Å²) in [7, 11) is 0. The number of rotatable bonds is 6. The molecule has 0 radical (unpaired) electrons. The molecule has 1 aliphatic rings. The summed E-state index contributed by atoms with van der Waals surface area (Å²) in [6.07, 6.45) is 6.19. The smallest absolute Gasteiger partial charge is 0.227 e. The van der Waals surface area contributed by atoms with Crippen LogP contribution in [-0.4, -0.2) is 35.2 Å². The Bertz CT molecular complexity index is 579. The Labute approximate surface area is 134 Å². The van der Waals surface area contributed by atoms with Gasteiger partial charge in [-0.05, 0) is 25.5 Å². The lowest BCUT2D eigenvalue weighted by Crippen LogP contribution is -2.37. The first kappa shape index (κ1) is 16.5. The SMILES string of the molecule is Cl.O=C(CCc1nc(-c2ccoc2)no1)NCC1CCCN1. The lowest BCUT2D eigenvalue weighted by atomic mass is 10.2. The molecule has 2 N–H and O–H groups in total. The largest absolute Gasteiger partial charge is 0.472 e. The number of amides is 1. The molecule has 0 spiro atoms. The minimum absolute atomic E-state index is 0. The number of nitrogens with one attached hydrogen (secondary N) is 2. The number of carbonyl (C=O) groups is 1. The molecule has 0 aromatic carbocycles. The molecular weight excluding hydrogens is 308 g/mol. The van der Waals surface area contributed by atoms with E-state index in [9.17, 15) is 4.79 Å². The number of aryl methyl sites for hydroxylation is 1. The standard InChI is InChI=1S/C14H18N4O3.ClH/c19-12(16-8-11-2-1-6-15-11)3-4-13-17-14(18-21-13)10-5-7-20-9-10;/h5,7,9,11,15H,1-4,6,8H2,(H,16,19);1H. The second-order valence-corrected chi connectivity index (χ2v) is 5.12. The average molecular weight is 327 g/mol. The molecule has 7 nitrogen and oxygen atoms in total. The van der Waals surface area contributed by atoms with Crippen LogP contribution in [0, 0.1) is 0 Å². The van der Waals surface area contributed by atoms with E-state index >= 15 is 0 Å². The van der Waals surface area contributed by atoms with Crippen molar-refractivity contribution in [1.82, 2.24) is 20.8 Å². The van der Waals surface area contributed by atoms with Gasteiger partial charge in [-0.25, -0.2) is 0 Å². The third-order valence-corrected chi connectivity index (χ3v) is 3.52. The fraction of sp³-hybridized carbons (Fsp3) is 0.500. The lowest BCUT2D eigenvalue weighted by Gasteiger charge is -2.10. The Morgan fingerprint density at radius 2 is 2.41 bits per heavy atom.